The summed E-state index contributed by atoms with van der Waals surface area (Å²) in [6, 6.07) is 11.0. The van der Waals surface area contributed by atoms with Crippen LogP contribution in [-0.4, -0.2) is 4.98 Å². The molecule has 0 fully saturated rings. The number of aromatic nitrogens is 1. The smallest absolute Gasteiger partial charge is 0.141 e. The molecule has 16 heavy (non-hydrogen) atoms. The number of hydrogen-bond acceptors (Lipinski definition) is 2. The second-order valence-corrected chi connectivity index (χ2v) is 4.26. The monoisotopic (exact) mass is 280 g/mol. The summed E-state index contributed by atoms with van der Waals surface area (Å²) < 4.78 is 13.6. The van der Waals surface area contributed by atoms with Crippen molar-refractivity contribution >= 4 is 21.7 Å². The van der Waals surface area contributed by atoms with E-state index >= 15 is 0 Å². The van der Waals surface area contributed by atoms with Gasteiger partial charge in [-0.25, -0.2) is 9.37 Å². The molecule has 0 unspecified atom stereocenters. The summed E-state index contributed by atoms with van der Waals surface area (Å²) in [6.45, 7) is 0.665. The van der Waals surface area contributed by atoms with Crippen molar-refractivity contribution in [1.82, 2.24) is 4.98 Å². The maximum Gasteiger partial charge on any atom is 0.141 e. The van der Waals surface area contributed by atoms with E-state index in [2.05, 4.69) is 26.2 Å². The average molecular weight is 281 g/mol. The van der Waals surface area contributed by atoms with E-state index in [1.165, 1.54) is 12.3 Å². The molecular weight excluding hydrogens is 271 g/mol. The van der Waals surface area contributed by atoms with Gasteiger partial charge in [-0.15, -0.1) is 0 Å². The van der Waals surface area contributed by atoms with Crippen LogP contribution in [0.1, 0.15) is 5.56 Å². The third kappa shape index (κ3) is 3.03. The molecule has 2 nitrogen and oxygen atoms in total. The van der Waals surface area contributed by atoms with Crippen LogP contribution in [-0.2, 0) is 6.54 Å². The van der Waals surface area contributed by atoms with Crippen molar-refractivity contribution < 1.29 is 4.39 Å². The van der Waals surface area contributed by atoms with E-state index in [9.17, 15) is 4.39 Å². The van der Waals surface area contributed by atoms with E-state index in [0.717, 1.165) is 10.0 Å². The molecule has 82 valence electrons. The quantitative estimate of drug-likeness (QED) is 0.929. The molecule has 0 spiro atoms. The van der Waals surface area contributed by atoms with Crippen molar-refractivity contribution in [2.75, 3.05) is 5.32 Å². The van der Waals surface area contributed by atoms with Crippen molar-refractivity contribution in [2.45, 2.75) is 6.54 Å². The number of pyridine rings is 1. The van der Waals surface area contributed by atoms with Gasteiger partial charge in [0.05, 0.1) is 6.20 Å². The fraction of sp³-hybridized carbons (Fsp3) is 0.0833. The summed E-state index contributed by atoms with van der Waals surface area (Å²) in [4.78, 5) is 3.92. The predicted molar refractivity (Wildman–Crippen MR) is 65.7 cm³/mol. The molecule has 2 rings (SSSR count). The van der Waals surface area contributed by atoms with Crippen LogP contribution in [0, 0.1) is 5.82 Å². The second kappa shape index (κ2) is 5.07. The number of nitrogens with zero attached hydrogens (tertiary/aromatic N) is 1. The Kier molecular flexibility index (Phi) is 3.51. The lowest BCUT2D eigenvalue weighted by atomic mass is 10.2. The van der Waals surface area contributed by atoms with Gasteiger partial charge in [0.1, 0.15) is 11.6 Å². The molecule has 0 bridgehead atoms. The van der Waals surface area contributed by atoms with Crippen LogP contribution in [0.4, 0.5) is 10.2 Å². The molecule has 0 amide bonds. The lowest BCUT2D eigenvalue weighted by Crippen LogP contribution is -2.01. The van der Waals surface area contributed by atoms with Gasteiger partial charge in [0.15, 0.2) is 0 Å². The van der Waals surface area contributed by atoms with Crippen LogP contribution in [0.2, 0.25) is 0 Å². The normalized spacial score (nSPS) is 10.1. The number of rotatable bonds is 3. The zero-order valence-corrected chi connectivity index (χ0v) is 10.0. The molecule has 0 radical (unpaired) electrons. The van der Waals surface area contributed by atoms with Gasteiger partial charge in [-0.3, -0.25) is 0 Å². The van der Waals surface area contributed by atoms with Gasteiger partial charge in [-0.1, -0.05) is 28.1 Å². The Morgan fingerprint density at radius 2 is 2.12 bits per heavy atom. The topological polar surface area (TPSA) is 24.9 Å². The van der Waals surface area contributed by atoms with Crippen molar-refractivity contribution in [3.63, 3.8) is 0 Å². The summed E-state index contributed by atoms with van der Waals surface area (Å²) in [6.07, 6.45) is 1.20. The van der Waals surface area contributed by atoms with Gasteiger partial charge < -0.3 is 5.32 Å². The van der Waals surface area contributed by atoms with E-state index in [1.54, 1.807) is 6.07 Å². The molecule has 4 heteroatoms. The maximum absolute atomic E-state index is 12.6. The van der Waals surface area contributed by atoms with Gasteiger partial charge in [-0.05, 0) is 29.8 Å². The highest BCUT2D eigenvalue weighted by molar-refractivity contribution is 9.10. The standard InChI is InChI=1S/C12H10BrFN2/c13-10-3-1-2-9(6-10)7-15-12-5-4-11(14)8-16-12/h1-6,8H,7H2,(H,15,16). The summed E-state index contributed by atoms with van der Waals surface area (Å²) in [5.41, 5.74) is 1.14. The van der Waals surface area contributed by atoms with Gasteiger partial charge in [0.2, 0.25) is 0 Å². The van der Waals surface area contributed by atoms with Gasteiger partial charge in [0, 0.05) is 11.0 Å². The number of hydrogen-bond donors (Lipinski definition) is 1. The van der Waals surface area contributed by atoms with E-state index in [4.69, 9.17) is 0 Å². The predicted octanol–water partition coefficient (Wildman–Crippen LogP) is 3.60. The first kappa shape index (κ1) is 11.1. The Morgan fingerprint density at radius 3 is 2.81 bits per heavy atom. The average Bonchev–Trinajstić information content (AvgIpc) is 2.28. The number of benzene rings is 1. The lowest BCUT2D eigenvalue weighted by molar-refractivity contribution is 0.621. The third-order valence-electron chi connectivity index (χ3n) is 2.09. The number of anilines is 1. The Labute approximate surface area is 102 Å². The minimum Gasteiger partial charge on any atom is -0.366 e. The Morgan fingerprint density at radius 1 is 1.25 bits per heavy atom. The first-order valence-corrected chi connectivity index (χ1v) is 5.63. The number of halogens is 2. The molecule has 1 N–H and O–H groups in total. The molecule has 0 saturated carbocycles. The van der Waals surface area contributed by atoms with Gasteiger partial charge >= 0.3 is 0 Å². The molecule has 1 aromatic carbocycles. The largest absolute Gasteiger partial charge is 0.366 e. The minimum absolute atomic E-state index is 0.326. The van der Waals surface area contributed by atoms with E-state index in [-0.39, 0.29) is 5.82 Å². The summed E-state index contributed by atoms with van der Waals surface area (Å²) in [7, 11) is 0. The lowest BCUT2D eigenvalue weighted by Gasteiger charge is -2.05. The molecule has 1 heterocycles. The Bertz CT molecular complexity index is 471. The maximum atomic E-state index is 12.6. The minimum atomic E-state index is -0.326. The Balaban J connectivity index is 1.99. The van der Waals surface area contributed by atoms with Crippen molar-refractivity contribution in [1.29, 1.82) is 0 Å². The highest BCUT2D eigenvalue weighted by Crippen LogP contribution is 2.13. The fourth-order valence-electron chi connectivity index (χ4n) is 1.32. The summed E-state index contributed by atoms with van der Waals surface area (Å²) in [5, 5.41) is 3.12. The van der Waals surface area contributed by atoms with E-state index in [0.29, 0.717) is 12.4 Å². The van der Waals surface area contributed by atoms with E-state index < -0.39 is 0 Å². The molecule has 0 aliphatic carbocycles. The van der Waals surface area contributed by atoms with Crippen molar-refractivity contribution in [2.24, 2.45) is 0 Å². The molecule has 0 aliphatic rings. The second-order valence-electron chi connectivity index (χ2n) is 3.35. The SMILES string of the molecule is Fc1ccc(NCc2cccc(Br)c2)nc1. The molecule has 1 aromatic heterocycles. The molecule has 2 aromatic rings. The molecule has 0 aliphatic heterocycles. The van der Waals surface area contributed by atoms with Crippen LogP contribution in [0.5, 0.6) is 0 Å². The van der Waals surface area contributed by atoms with Crippen molar-refractivity contribution in [3.05, 3.63) is 58.4 Å². The van der Waals surface area contributed by atoms with Crippen LogP contribution in [0.25, 0.3) is 0 Å². The molecule has 0 atom stereocenters. The Hall–Kier alpha value is -1.42. The van der Waals surface area contributed by atoms with Gasteiger partial charge in [-0.2, -0.15) is 0 Å². The summed E-state index contributed by atoms with van der Waals surface area (Å²) in [5.74, 6) is 0.342. The molecular formula is C12H10BrFN2. The van der Waals surface area contributed by atoms with Crippen LogP contribution in [0.15, 0.2) is 47.1 Å². The first-order chi connectivity index (χ1) is 7.74. The third-order valence-corrected chi connectivity index (χ3v) is 2.58. The van der Waals surface area contributed by atoms with Crippen LogP contribution >= 0.6 is 15.9 Å². The zero-order valence-electron chi connectivity index (χ0n) is 8.45. The van der Waals surface area contributed by atoms with Gasteiger partial charge in [0.25, 0.3) is 0 Å². The first-order valence-electron chi connectivity index (χ1n) is 4.84. The highest BCUT2D eigenvalue weighted by atomic mass is 79.9. The van der Waals surface area contributed by atoms with Crippen LogP contribution < -0.4 is 5.32 Å². The number of nitrogens with one attached hydrogen (secondary N) is 1. The summed E-state index contributed by atoms with van der Waals surface area (Å²) >= 11 is 3.40. The highest BCUT2D eigenvalue weighted by Gasteiger charge is 1.96. The van der Waals surface area contributed by atoms with E-state index in [1.807, 2.05) is 24.3 Å². The fourth-order valence-corrected chi connectivity index (χ4v) is 1.77. The zero-order chi connectivity index (χ0) is 11.4. The van der Waals surface area contributed by atoms with Crippen LogP contribution in [0.3, 0.4) is 0 Å². The molecule has 0 saturated heterocycles. The van der Waals surface area contributed by atoms with Crippen molar-refractivity contribution in [3.8, 4) is 0 Å².